The zero-order valence-corrected chi connectivity index (χ0v) is 19.8. The van der Waals surface area contributed by atoms with E-state index in [1.54, 1.807) is 30.2 Å². The zero-order chi connectivity index (χ0) is 24.2. The van der Waals surface area contributed by atoms with E-state index in [0.717, 1.165) is 43.4 Å². The minimum Gasteiger partial charge on any atom is -0.383 e. The normalized spacial score (nSPS) is 17.2. The van der Waals surface area contributed by atoms with Crippen LogP contribution in [0.3, 0.4) is 0 Å². The first kappa shape index (κ1) is 21.1. The molecule has 0 saturated heterocycles. The lowest BCUT2D eigenvalue weighted by Crippen LogP contribution is -2.17. The summed E-state index contributed by atoms with van der Waals surface area (Å²) in [7, 11) is 0. The van der Waals surface area contributed by atoms with Gasteiger partial charge in [0.2, 0.25) is 0 Å². The Balaban J connectivity index is 1.26. The average Bonchev–Trinajstić information content (AvgIpc) is 3.15. The molecule has 5 aromatic rings. The summed E-state index contributed by atoms with van der Waals surface area (Å²) in [6, 6.07) is 27.7. The van der Waals surface area contributed by atoms with Gasteiger partial charge in [-0.05, 0) is 76.5 Å². The summed E-state index contributed by atoms with van der Waals surface area (Å²) in [5, 5.41) is 13.0. The number of ketones is 1. The second-order valence-electron chi connectivity index (χ2n) is 8.80. The number of aromatic nitrogens is 2. The molecule has 1 unspecified atom stereocenters. The molecule has 0 saturated carbocycles. The molecule has 1 atom stereocenters. The van der Waals surface area contributed by atoms with Crippen molar-refractivity contribution in [2.24, 2.45) is 0 Å². The number of carbonyl (C=O) groups is 1. The lowest BCUT2D eigenvalue weighted by molar-refractivity contribution is 0.102. The van der Waals surface area contributed by atoms with Crippen molar-refractivity contribution in [2.45, 2.75) is 15.9 Å². The standard InChI is InChI=1S/C30H19N3O2S/c34-28-21-15-19-6-1-2-7-20(19)16-22(21)29(35)23(28)14-18-11-12-27(32-17-18)33-24-8-3-4-9-25(24)36-26-10-5-13-31-30(26)33/h1-17,28,34H/b23-14+. The first-order chi connectivity index (χ1) is 17.7. The van der Waals surface area contributed by atoms with Crippen LogP contribution in [-0.2, 0) is 0 Å². The molecule has 2 aromatic heterocycles. The first-order valence-corrected chi connectivity index (χ1v) is 12.4. The Morgan fingerprint density at radius 2 is 1.64 bits per heavy atom. The number of rotatable bonds is 2. The van der Waals surface area contributed by atoms with E-state index in [2.05, 4.69) is 28.1 Å². The third kappa shape index (κ3) is 3.26. The lowest BCUT2D eigenvalue weighted by atomic mass is 10.0. The largest absolute Gasteiger partial charge is 0.383 e. The van der Waals surface area contributed by atoms with Crippen molar-refractivity contribution in [1.29, 1.82) is 0 Å². The summed E-state index contributed by atoms with van der Waals surface area (Å²) in [5.74, 6) is 1.42. The number of fused-ring (bicyclic) bond motifs is 4. The molecule has 6 heteroatoms. The average molecular weight is 486 g/mol. The van der Waals surface area contributed by atoms with Gasteiger partial charge in [0.15, 0.2) is 11.6 Å². The molecule has 1 N–H and O–H groups in total. The molecule has 1 aliphatic heterocycles. The fraction of sp³-hybridized carbons (Fsp3) is 0.0333. The van der Waals surface area contributed by atoms with Gasteiger partial charge in [0, 0.05) is 28.4 Å². The van der Waals surface area contributed by atoms with E-state index in [1.165, 1.54) is 0 Å². The van der Waals surface area contributed by atoms with Gasteiger partial charge in [0.05, 0.1) is 10.6 Å². The summed E-state index contributed by atoms with van der Waals surface area (Å²) in [6.07, 6.45) is 4.29. The van der Waals surface area contributed by atoms with Gasteiger partial charge in [-0.2, -0.15) is 0 Å². The monoisotopic (exact) mass is 485 g/mol. The number of anilines is 3. The molecule has 0 bridgehead atoms. The van der Waals surface area contributed by atoms with Gasteiger partial charge in [0.25, 0.3) is 0 Å². The highest BCUT2D eigenvalue weighted by Crippen LogP contribution is 2.49. The predicted molar refractivity (Wildman–Crippen MR) is 142 cm³/mol. The molecular formula is C30H19N3O2S. The van der Waals surface area contributed by atoms with Gasteiger partial charge in [-0.3, -0.25) is 9.69 Å². The molecule has 36 heavy (non-hydrogen) atoms. The van der Waals surface area contributed by atoms with E-state index in [4.69, 9.17) is 4.98 Å². The van der Waals surface area contributed by atoms with Crippen LogP contribution in [0.4, 0.5) is 17.3 Å². The molecule has 5 nitrogen and oxygen atoms in total. The number of benzene rings is 3. The Kier molecular flexibility index (Phi) is 4.77. The number of para-hydroxylation sites is 1. The Morgan fingerprint density at radius 1 is 0.861 bits per heavy atom. The van der Waals surface area contributed by atoms with Gasteiger partial charge in [-0.1, -0.05) is 48.2 Å². The van der Waals surface area contributed by atoms with Crippen LogP contribution < -0.4 is 4.90 Å². The van der Waals surface area contributed by atoms with Crippen molar-refractivity contribution in [3.05, 3.63) is 120 Å². The molecule has 3 aromatic carbocycles. The Morgan fingerprint density at radius 3 is 2.47 bits per heavy atom. The number of aliphatic hydroxyl groups excluding tert-OH is 1. The summed E-state index contributed by atoms with van der Waals surface area (Å²) in [6.45, 7) is 0. The first-order valence-electron chi connectivity index (χ1n) is 11.6. The molecule has 7 rings (SSSR count). The van der Waals surface area contributed by atoms with Crippen LogP contribution in [0.15, 0.2) is 113 Å². The van der Waals surface area contributed by atoms with Crippen LogP contribution in [0.25, 0.3) is 16.8 Å². The molecule has 0 radical (unpaired) electrons. The van der Waals surface area contributed by atoms with Crippen molar-refractivity contribution in [1.82, 2.24) is 9.97 Å². The Labute approximate surface area is 211 Å². The minimum absolute atomic E-state index is 0.146. The summed E-state index contributed by atoms with van der Waals surface area (Å²) >= 11 is 1.69. The van der Waals surface area contributed by atoms with E-state index in [-0.39, 0.29) is 5.78 Å². The summed E-state index contributed by atoms with van der Waals surface area (Å²) < 4.78 is 0. The Hall–Kier alpha value is -4.26. The number of aliphatic hydroxyl groups is 1. The highest BCUT2D eigenvalue weighted by atomic mass is 32.2. The highest BCUT2D eigenvalue weighted by molar-refractivity contribution is 7.99. The SMILES string of the molecule is O=C1/C(=C/c2ccc(N3c4ccccc4Sc4cccnc43)nc2)C(O)c2cc3ccccc3cc21. The van der Waals surface area contributed by atoms with E-state index >= 15 is 0 Å². The number of hydrogen-bond donors (Lipinski definition) is 1. The van der Waals surface area contributed by atoms with Gasteiger partial charge in [-0.25, -0.2) is 9.97 Å². The summed E-state index contributed by atoms with van der Waals surface area (Å²) in [4.78, 5) is 26.8. The van der Waals surface area contributed by atoms with Crippen molar-refractivity contribution >= 4 is 51.7 Å². The number of carbonyl (C=O) groups excluding carboxylic acids is 1. The third-order valence-electron chi connectivity index (χ3n) is 6.62. The van der Waals surface area contributed by atoms with Crippen LogP contribution in [-0.4, -0.2) is 20.9 Å². The molecule has 0 amide bonds. The van der Waals surface area contributed by atoms with E-state index < -0.39 is 6.10 Å². The van der Waals surface area contributed by atoms with E-state index in [0.29, 0.717) is 16.7 Å². The molecule has 0 spiro atoms. The molecule has 1 aliphatic carbocycles. The molecule has 0 fully saturated rings. The highest BCUT2D eigenvalue weighted by Gasteiger charge is 2.33. The van der Waals surface area contributed by atoms with Gasteiger partial charge in [0.1, 0.15) is 11.9 Å². The predicted octanol–water partition coefficient (Wildman–Crippen LogP) is 6.88. The van der Waals surface area contributed by atoms with Crippen molar-refractivity contribution in [2.75, 3.05) is 4.90 Å². The number of hydrogen-bond acceptors (Lipinski definition) is 6. The fourth-order valence-electron chi connectivity index (χ4n) is 4.89. The van der Waals surface area contributed by atoms with Crippen molar-refractivity contribution in [3.63, 3.8) is 0 Å². The molecule has 2 aliphatic rings. The van der Waals surface area contributed by atoms with Crippen LogP contribution in [0, 0.1) is 0 Å². The summed E-state index contributed by atoms with van der Waals surface area (Å²) in [5.41, 5.74) is 3.35. The quantitative estimate of drug-likeness (QED) is 0.270. The number of pyridine rings is 2. The maximum atomic E-state index is 13.2. The van der Waals surface area contributed by atoms with Crippen LogP contribution in [0.2, 0.25) is 0 Å². The van der Waals surface area contributed by atoms with Crippen LogP contribution >= 0.6 is 11.8 Å². The van der Waals surface area contributed by atoms with Gasteiger partial charge in [-0.15, -0.1) is 0 Å². The van der Waals surface area contributed by atoms with Gasteiger partial charge >= 0.3 is 0 Å². The number of nitrogens with zero attached hydrogens (tertiary/aromatic N) is 3. The molecule has 172 valence electrons. The van der Waals surface area contributed by atoms with Crippen molar-refractivity contribution < 1.29 is 9.90 Å². The number of Topliss-reactive ketones (excluding diaryl/α,β-unsaturated/α-hetero) is 1. The third-order valence-corrected chi connectivity index (χ3v) is 7.73. The topological polar surface area (TPSA) is 66.3 Å². The molecular weight excluding hydrogens is 466 g/mol. The van der Waals surface area contributed by atoms with Crippen LogP contribution in [0.5, 0.6) is 0 Å². The van der Waals surface area contributed by atoms with Crippen molar-refractivity contribution in [3.8, 4) is 0 Å². The maximum Gasteiger partial charge on any atom is 0.192 e. The minimum atomic E-state index is -0.959. The van der Waals surface area contributed by atoms with Crippen LogP contribution in [0.1, 0.15) is 27.6 Å². The smallest absolute Gasteiger partial charge is 0.192 e. The zero-order valence-electron chi connectivity index (χ0n) is 19.0. The lowest BCUT2D eigenvalue weighted by Gasteiger charge is -2.30. The second-order valence-corrected chi connectivity index (χ2v) is 9.88. The fourth-order valence-corrected chi connectivity index (χ4v) is 5.92. The maximum absolute atomic E-state index is 13.2. The van der Waals surface area contributed by atoms with Gasteiger partial charge < -0.3 is 5.11 Å². The van der Waals surface area contributed by atoms with E-state index in [9.17, 15) is 9.90 Å². The second kappa shape index (κ2) is 8.16. The van der Waals surface area contributed by atoms with E-state index in [1.807, 2.05) is 66.7 Å². The molecule has 3 heterocycles. The Bertz CT molecular complexity index is 1670.